The van der Waals surface area contributed by atoms with Crippen molar-refractivity contribution in [3.63, 3.8) is 0 Å². The third kappa shape index (κ3) is 4.13. The standard InChI is InChI=1S/C20H26N4O3/c1-5-13(2)23-20(25)16-10-22-19(11-21-16)24-7-6-14-8-17(26-3)18(27-4)9-15(14)12-24/h8-11,13H,5-7,12H2,1-4H3,(H,23,25). The number of aromatic nitrogens is 2. The van der Waals surface area contributed by atoms with Gasteiger partial charge in [0.1, 0.15) is 11.5 Å². The molecule has 1 N–H and O–H groups in total. The number of ether oxygens (including phenoxy) is 2. The van der Waals surface area contributed by atoms with Crippen LogP contribution in [0.25, 0.3) is 0 Å². The molecule has 2 heterocycles. The largest absolute Gasteiger partial charge is 0.493 e. The average molecular weight is 370 g/mol. The highest BCUT2D eigenvalue weighted by molar-refractivity contribution is 5.92. The summed E-state index contributed by atoms with van der Waals surface area (Å²) in [7, 11) is 3.29. The number of carbonyl (C=O) groups is 1. The smallest absolute Gasteiger partial charge is 0.271 e. The van der Waals surface area contributed by atoms with E-state index < -0.39 is 0 Å². The van der Waals surface area contributed by atoms with Crippen molar-refractivity contribution < 1.29 is 14.3 Å². The fourth-order valence-corrected chi connectivity index (χ4v) is 3.08. The molecular formula is C20H26N4O3. The van der Waals surface area contributed by atoms with Crippen molar-refractivity contribution in [2.75, 3.05) is 25.7 Å². The summed E-state index contributed by atoms with van der Waals surface area (Å²) < 4.78 is 10.8. The van der Waals surface area contributed by atoms with Crippen molar-refractivity contribution in [1.29, 1.82) is 0 Å². The maximum Gasteiger partial charge on any atom is 0.271 e. The Morgan fingerprint density at radius 2 is 1.89 bits per heavy atom. The van der Waals surface area contributed by atoms with Gasteiger partial charge in [0, 0.05) is 19.1 Å². The maximum atomic E-state index is 12.1. The molecule has 3 rings (SSSR count). The number of amides is 1. The number of nitrogens with zero attached hydrogens (tertiary/aromatic N) is 3. The van der Waals surface area contributed by atoms with Crippen LogP contribution in [-0.2, 0) is 13.0 Å². The highest BCUT2D eigenvalue weighted by Crippen LogP contribution is 2.34. The van der Waals surface area contributed by atoms with E-state index >= 15 is 0 Å². The number of rotatable bonds is 6. The Balaban J connectivity index is 1.74. The molecule has 1 aromatic carbocycles. The predicted octanol–water partition coefficient (Wildman–Crippen LogP) is 2.58. The number of hydrogen-bond acceptors (Lipinski definition) is 6. The van der Waals surface area contributed by atoms with Crippen molar-refractivity contribution in [3.8, 4) is 11.5 Å². The van der Waals surface area contributed by atoms with E-state index in [0.29, 0.717) is 12.2 Å². The highest BCUT2D eigenvalue weighted by Gasteiger charge is 2.21. The van der Waals surface area contributed by atoms with E-state index in [0.717, 1.165) is 36.7 Å². The average Bonchev–Trinajstić information content (AvgIpc) is 2.72. The van der Waals surface area contributed by atoms with Gasteiger partial charge < -0.3 is 19.7 Å². The molecule has 7 nitrogen and oxygen atoms in total. The second kappa shape index (κ2) is 8.24. The summed E-state index contributed by atoms with van der Waals surface area (Å²) in [6.45, 7) is 5.53. The first-order chi connectivity index (χ1) is 13.0. The molecule has 1 atom stereocenters. The van der Waals surface area contributed by atoms with Gasteiger partial charge in [-0.15, -0.1) is 0 Å². The minimum absolute atomic E-state index is 0.115. The summed E-state index contributed by atoms with van der Waals surface area (Å²) in [5.41, 5.74) is 2.77. The lowest BCUT2D eigenvalue weighted by atomic mass is 9.99. The topological polar surface area (TPSA) is 76.6 Å². The van der Waals surface area contributed by atoms with Crippen molar-refractivity contribution in [2.24, 2.45) is 0 Å². The number of hydrogen-bond donors (Lipinski definition) is 1. The van der Waals surface area contributed by atoms with E-state index in [1.54, 1.807) is 20.4 Å². The number of benzene rings is 1. The van der Waals surface area contributed by atoms with Gasteiger partial charge in [0.2, 0.25) is 0 Å². The number of methoxy groups -OCH3 is 2. The Kier molecular flexibility index (Phi) is 5.78. The van der Waals surface area contributed by atoms with Crippen LogP contribution in [0.5, 0.6) is 11.5 Å². The molecule has 0 spiro atoms. The molecule has 1 amide bonds. The lowest BCUT2D eigenvalue weighted by Gasteiger charge is -2.30. The minimum atomic E-state index is -0.191. The zero-order chi connectivity index (χ0) is 19.4. The quantitative estimate of drug-likeness (QED) is 0.842. The van der Waals surface area contributed by atoms with Crippen molar-refractivity contribution >= 4 is 11.7 Å². The second-order valence-electron chi connectivity index (χ2n) is 6.69. The van der Waals surface area contributed by atoms with Crippen LogP contribution in [0, 0.1) is 0 Å². The molecule has 7 heteroatoms. The van der Waals surface area contributed by atoms with Crippen LogP contribution >= 0.6 is 0 Å². The van der Waals surface area contributed by atoms with Gasteiger partial charge >= 0.3 is 0 Å². The van der Waals surface area contributed by atoms with Gasteiger partial charge in [0.15, 0.2) is 11.5 Å². The van der Waals surface area contributed by atoms with Gasteiger partial charge in [-0.05, 0) is 43.0 Å². The van der Waals surface area contributed by atoms with E-state index in [1.165, 1.54) is 17.3 Å². The molecule has 1 aliphatic rings. The highest BCUT2D eigenvalue weighted by atomic mass is 16.5. The van der Waals surface area contributed by atoms with E-state index in [-0.39, 0.29) is 11.9 Å². The molecule has 27 heavy (non-hydrogen) atoms. The van der Waals surface area contributed by atoms with Gasteiger partial charge in [0.25, 0.3) is 5.91 Å². The Bertz CT molecular complexity index is 808. The van der Waals surface area contributed by atoms with Gasteiger partial charge in [-0.25, -0.2) is 9.97 Å². The Morgan fingerprint density at radius 3 is 2.48 bits per heavy atom. The molecule has 0 bridgehead atoms. The predicted molar refractivity (Wildman–Crippen MR) is 104 cm³/mol. The maximum absolute atomic E-state index is 12.1. The van der Waals surface area contributed by atoms with Crippen LogP contribution in [0.1, 0.15) is 41.9 Å². The summed E-state index contributed by atoms with van der Waals surface area (Å²) in [6, 6.07) is 4.17. The van der Waals surface area contributed by atoms with E-state index in [9.17, 15) is 4.79 Å². The Morgan fingerprint density at radius 1 is 1.19 bits per heavy atom. The third-order valence-corrected chi connectivity index (χ3v) is 4.90. The number of anilines is 1. The molecule has 0 radical (unpaired) electrons. The first-order valence-corrected chi connectivity index (χ1v) is 9.17. The van der Waals surface area contributed by atoms with Gasteiger partial charge in [-0.1, -0.05) is 6.92 Å². The van der Waals surface area contributed by atoms with Crippen LogP contribution in [0.3, 0.4) is 0 Å². The summed E-state index contributed by atoms with van der Waals surface area (Å²) in [5.74, 6) is 2.04. The summed E-state index contributed by atoms with van der Waals surface area (Å²) >= 11 is 0. The first-order valence-electron chi connectivity index (χ1n) is 9.17. The molecule has 1 aromatic heterocycles. The molecule has 144 valence electrons. The normalized spacial score (nSPS) is 14.3. The van der Waals surface area contributed by atoms with E-state index in [4.69, 9.17) is 9.47 Å². The van der Waals surface area contributed by atoms with Crippen molar-refractivity contribution in [2.45, 2.75) is 39.3 Å². The Hall–Kier alpha value is -2.83. The lowest BCUT2D eigenvalue weighted by molar-refractivity contribution is 0.0934. The van der Waals surface area contributed by atoms with Crippen molar-refractivity contribution in [1.82, 2.24) is 15.3 Å². The molecule has 0 saturated heterocycles. The molecule has 0 fully saturated rings. The lowest BCUT2D eigenvalue weighted by Crippen LogP contribution is -2.33. The fourth-order valence-electron chi connectivity index (χ4n) is 3.08. The third-order valence-electron chi connectivity index (χ3n) is 4.90. The van der Waals surface area contributed by atoms with Crippen LogP contribution in [0.4, 0.5) is 5.82 Å². The van der Waals surface area contributed by atoms with E-state index in [2.05, 4.69) is 20.2 Å². The summed E-state index contributed by atoms with van der Waals surface area (Å²) in [4.78, 5) is 23.0. The molecule has 0 aliphatic carbocycles. The minimum Gasteiger partial charge on any atom is -0.493 e. The van der Waals surface area contributed by atoms with Gasteiger partial charge in [-0.2, -0.15) is 0 Å². The van der Waals surface area contributed by atoms with Gasteiger partial charge in [0.05, 0.1) is 26.6 Å². The Labute approximate surface area is 159 Å². The second-order valence-corrected chi connectivity index (χ2v) is 6.69. The van der Waals surface area contributed by atoms with Crippen LogP contribution in [-0.4, -0.2) is 42.7 Å². The molecule has 0 saturated carbocycles. The monoisotopic (exact) mass is 370 g/mol. The van der Waals surface area contributed by atoms with E-state index in [1.807, 2.05) is 26.0 Å². The van der Waals surface area contributed by atoms with Crippen LogP contribution in [0.15, 0.2) is 24.5 Å². The number of fused-ring (bicyclic) bond motifs is 1. The number of carbonyl (C=O) groups excluding carboxylic acids is 1. The first kappa shape index (κ1) is 18.9. The zero-order valence-corrected chi connectivity index (χ0v) is 16.3. The van der Waals surface area contributed by atoms with Crippen LogP contribution in [0.2, 0.25) is 0 Å². The van der Waals surface area contributed by atoms with Gasteiger partial charge in [-0.3, -0.25) is 4.79 Å². The molecule has 2 aromatic rings. The van der Waals surface area contributed by atoms with Crippen molar-refractivity contribution in [3.05, 3.63) is 41.3 Å². The SMILES string of the molecule is CCC(C)NC(=O)c1cnc(N2CCc3cc(OC)c(OC)cc3C2)cn1. The molecule has 1 unspecified atom stereocenters. The summed E-state index contributed by atoms with van der Waals surface area (Å²) in [6.07, 6.45) is 4.96. The van der Waals surface area contributed by atoms with Crippen LogP contribution < -0.4 is 19.7 Å². The summed E-state index contributed by atoms with van der Waals surface area (Å²) in [5, 5.41) is 2.90. The molecular weight excluding hydrogens is 344 g/mol. The fraction of sp³-hybridized carbons (Fsp3) is 0.450. The zero-order valence-electron chi connectivity index (χ0n) is 16.3. The molecule has 1 aliphatic heterocycles. The number of nitrogens with one attached hydrogen (secondary N) is 1.